The van der Waals surface area contributed by atoms with Gasteiger partial charge in [-0.1, -0.05) is 12.1 Å². The van der Waals surface area contributed by atoms with Crippen LogP contribution in [0.1, 0.15) is 19.4 Å². The predicted octanol–water partition coefficient (Wildman–Crippen LogP) is 2.62. The first-order valence-corrected chi connectivity index (χ1v) is 9.95. The van der Waals surface area contributed by atoms with Gasteiger partial charge in [-0.15, -0.1) is 0 Å². The Balaban J connectivity index is 1.88. The lowest BCUT2D eigenvalue weighted by atomic mass is 10.1. The molecule has 0 aliphatic heterocycles. The summed E-state index contributed by atoms with van der Waals surface area (Å²) in [7, 11) is -1.69. The van der Waals surface area contributed by atoms with Gasteiger partial charge >= 0.3 is 0 Å². The zero-order chi connectivity index (χ0) is 19.6. The predicted molar refractivity (Wildman–Crippen MR) is 104 cm³/mol. The number of hydrogen-bond donors (Lipinski definition) is 2. The first-order valence-electron chi connectivity index (χ1n) is 8.46. The minimum absolute atomic E-state index is 0.167. The van der Waals surface area contributed by atoms with E-state index >= 15 is 0 Å². The minimum Gasteiger partial charge on any atom is -0.321 e. The maximum Gasteiger partial charge on any atom is 0.240 e. The maximum atomic E-state index is 12.3. The SMILES string of the molecule is Cc1cnc(Nc2cnn(C)c2)nc1-c1ccc(S(=O)(=O)NC(C)C)cc1. The molecular formula is C18H22N6O2S. The second kappa shape index (κ2) is 7.45. The Labute approximate surface area is 158 Å². The fourth-order valence-electron chi connectivity index (χ4n) is 2.58. The molecule has 0 unspecified atom stereocenters. The van der Waals surface area contributed by atoms with E-state index in [2.05, 4.69) is 25.1 Å². The molecule has 2 N–H and O–H groups in total. The van der Waals surface area contributed by atoms with Crippen LogP contribution >= 0.6 is 0 Å². The maximum absolute atomic E-state index is 12.3. The van der Waals surface area contributed by atoms with E-state index in [1.807, 2.05) is 20.2 Å². The van der Waals surface area contributed by atoms with E-state index < -0.39 is 10.0 Å². The average molecular weight is 386 g/mol. The number of benzene rings is 1. The summed E-state index contributed by atoms with van der Waals surface area (Å²) < 4.78 is 28.8. The van der Waals surface area contributed by atoms with E-state index in [0.717, 1.165) is 22.5 Å². The van der Waals surface area contributed by atoms with Crippen LogP contribution in [0.2, 0.25) is 0 Å². The fraction of sp³-hybridized carbons (Fsp3) is 0.278. The Kier molecular flexibility index (Phi) is 5.24. The van der Waals surface area contributed by atoms with Crippen molar-refractivity contribution in [3.8, 4) is 11.3 Å². The van der Waals surface area contributed by atoms with Crippen molar-refractivity contribution in [2.75, 3.05) is 5.32 Å². The Hall–Kier alpha value is -2.78. The van der Waals surface area contributed by atoms with E-state index in [9.17, 15) is 8.42 Å². The highest BCUT2D eigenvalue weighted by atomic mass is 32.2. The molecule has 0 atom stereocenters. The van der Waals surface area contributed by atoms with Gasteiger partial charge in [-0.2, -0.15) is 5.10 Å². The molecule has 2 aromatic heterocycles. The third-order valence-corrected chi connectivity index (χ3v) is 5.44. The number of nitrogens with zero attached hydrogens (tertiary/aromatic N) is 4. The van der Waals surface area contributed by atoms with Crippen LogP contribution in [0, 0.1) is 6.92 Å². The third-order valence-electron chi connectivity index (χ3n) is 3.76. The molecule has 8 nitrogen and oxygen atoms in total. The summed E-state index contributed by atoms with van der Waals surface area (Å²) in [5, 5.41) is 7.21. The van der Waals surface area contributed by atoms with Gasteiger partial charge in [0.15, 0.2) is 0 Å². The summed E-state index contributed by atoms with van der Waals surface area (Å²) in [6, 6.07) is 6.49. The van der Waals surface area contributed by atoms with Crippen molar-refractivity contribution in [1.29, 1.82) is 0 Å². The molecule has 3 aromatic rings. The minimum atomic E-state index is -3.52. The molecule has 0 saturated heterocycles. The van der Waals surface area contributed by atoms with Crippen LogP contribution in [0.4, 0.5) is 11.6 Å². The van der Waals surface area contributed by atoms with Crippen molar-refractivity contribution < 1.29 is 8.42 Å². The molecule has 27 heavy (non-hydrogen) atoms. The number of aryl methyl sites for hydroxylation is 2. The fourth-order valence-corrected chi connectivity index (χ4v) is 3.83. The molecule has 0 amide bonds. The lowest BCUT2D eigenvalue weighted by molar-refractivity contribution is 0.570. The second-order valence-corrected chi connectivity index (χ2v) is 8.27. The molecule has 3 rings (SSSR count). The zero-order valence-corrected chi connectivity index (χ0v) is 16.4. The normalized spacial score (nSPS) is 11.7. The van der Waals surface area contributed by atoms with Gasteiger partial charge in [0.2, 0.25) is 16.0 Å². The molecule has 2 heterocycles. The summed E-state index contributed by atoms with van der Waals surface area (Å²) in [6.07, 6.45) is 5.24. The van der Waals surface area contributed by atoms with Crippen molar-refractivity contribution >= 4 is 21.7 Å². The topological polar surface area (TPSA) is 102 Å². The van der Waals surface area contributed by atoms with Gasteiger partial charge in [0, 0.05) is 31.0 Å². The van der Waals surface area contributed by atoms with E-state index in [4.69, 9.17) is 0 Å². The smallest absolute Gasteiger partial charge is 0.240 e. The molecule has 0 fully saturated rings. The Bertz CT molecular complexity index is 1040. The largest absolute Gasteiger partial charge is 0.321 e. The number of nitrogens with one attached hydrogen (secondary N) is 2. The second-order valence-electron chi connectivity index (χ2n) is 6.55. The zero-order valence-electron chi connectivity index (χ0n) is 15.6. The van der Waals surface area contributed by atoms with Crippen LogP contribution in [0.25, 0.3) is 11.3 Å². The summed E-state index contributed by atoms with van der Waals surface area (Å²) in [4.78, 5) is 9.08. The summed E-state index contributed by atoms with van der Waals surface area (Å²) in [5.41, 5.74) is 3.22. The van der Waals surface area contributed by atoms with Gasteiger partial charge in [0.25, 0.3) is 0 Å². The summed E-state index contributed by atoms with van der Waals surface area (Å²) in [5.74, 6) is 0.446. The van der Waals surface area contributed by atoms with Gasteiger partial charge in [-0.25, -0.2) is 23.1 Å². The Morgan fingerprint density at radius 3 is 2.41 bits per heavy atom. The third kappa shape index (κ3) is 4.50. The molecule has 1 aromatic carbocycles. The van der Waals surface area contributed by atoms with E-state index in [1.54, 1.807) is 55.2 Å². The standard InChI is InChI=1S/C18H22N6O2S/c1-12(2)23-27(25,26)16-7-5-14(6-8-16)17-13(3)9-19-18(22-17)21-15-10-20-24(4)11-15/h5-12,23H,1-4H3,(H,19,21,22). The van der Waals surface area contributed by atoms with Gasteiger partial charge in [0.05, 0.1) is 22.5 Å². The number of hydrogen-bond acceptors (Lipinski definition) is 6. The van der Waals surface area contributed by atoms with Crippen LogP contribution in [-0.2, 0) is 17.1 Å². The van der Waals surface area contributed by atoms with Gasteiger partial charge in [-0.3, -0.25) is 4.68 Å². The van der Waals surface area contributed by atoms with E-state index in [-0.39, 0.29) is 10.9 Å². The monoisotopic (exact) mass is 386 g/mol. The lowest BCUT2D eigenvalue weighted by Crippen LogP contribution is -2.30. The molecule has 0 aliphatic rings. The first kappa shape index (κ1) is 19.0. The highest BCUT2D eigenvalue weighted by Crippen LogP contribution is 2.24. The van der Waals surface area contributed by atoms with Crippen LogP contribution in [0.5, 0.6) is 0 Å². The number of anilines is 2. The highest BCUT2D eigenvalue weighted by molar-refractivity contribution is 7.89. The molecule has 0 saturated carbocycles. The molecule has 0 bridgehead atoms. The molecule has 0 aliphatic carbocycles. The summed E-state index contributed by atoms with van der Waals surface area (Å²) in [6.45, 7) is 5.48. The van der Waals surface area contributed by atoms with Gasteiger partial charge < -0.3 is 5.32 Å². The van der Waals surface area contributed by atoms with Crippen molar-refractivity contribution in [3.63, 3.8) is 0 Å². The molecule has 142 valence electrons. The van der Waals surface area contributed by atoms with E-state index in [1.165, 1.54) is 0 Å². The average Bonchev–Trinajstić information content (AvgIpc) is 3.00. The van der Waals surface area contributed by atoms with Gasteiger partial charge in [-0.05, 0) is 38.5 Å². The van der Waals surface area contributed by atoms with Crippen LogP contribution < -0.4 is 10.0 Å². The first-order chi connectivity index (χ1) is 12.7. The lowest BCUT2D eigenvalue weighted by Gasteiger charge is -2.11. The van der Waals surface area contributed by atoms with Crippen molar-refractivity contribution in [1.82, 2.24) is 24.5 Å². The molecular weight excluding hydrogens is 364 g/mol. The molecule has 0 spiro atoms. The van der Waals surface area contributed by atoms with Crippen LogP contribution in [0.3, 0.4) is 0 Å². The quantitative estimate of drug-likeness (QED) is 0.675. The number of sulfonamides is 1. The van der Waals surface area contributed by atoms with Crippen molar-refractivity contribution in [3.05, 3.63) is 48.4 Å². The van der Waals surface area contributed by atoms with Crippen molar-refractivity contribution in [2.45, 2.75) is 31.7 Å². The Morgan fingerprint density at radius 1 is 1.11 bits per heavy atom. The number of rotatable bonds is 6. The van der Waals surface area contributed by atoms with E-state index in [0.29, 0.717) is 5.95 Å². The number of aromatic nitrogens is 4. The summed E-state index contributed by atoms with van der Waals surface area (Å²) >= 11 is 0. The molecule has 0 radical (unpaired) electrons. The highest BCUT2D eigenvalue weighted by Gasteiger charge is 2.16. The Morgan fingerprint density at radius 2 is 1.81 bits per heavy atom. The van der Waals surface area contributed by atoms with Crippen LogP contribution in [-0.4, -0.2) is 34.2 Å². The molecule has 9 heteroatoms. The van der Waals surface area contributed by atoms with Gasteiger partial charge in [0.1, 0.15) is 0 Å². The van der Waals surface area contributed by atoms with Crippen LogP contribution in [0.15, 0.2) is 47.8 Å². The van der Waals surface area contributed by atoms with Crippen molar-refractivity contribution in [2.24, 2.45) is 7.05 Å².